The molecule has 0 aliphatic heterocycles. The zero-order valence-corrected chi connectivity index (χ0v) is 19.9. The molecule has 0 bridgehead atoms. The second kappa shape index (κ2) is 12.3. The fourth-order valence-corrected chi connectivity index (χ4v) is 3.77. The van der Waals surface area contributed by atoms with Crippen molar-refractivity contribution in [3.63, 3.8) is 0 Å². The maximum atomic E-state index is 12.4. The maximum Gasteiger partial charge on any atom is 0.222 e. The third-order valence-corrected chi connectivity index (χ3v) is 5.68. The number of rotatable bonds is 11. The van der Waals surface area contributed by atoms with E-state index in [0.29, 0.717) is 12.1 Å². The van der Waals surface area contributed by atoms with Crippen LogP contribution in [0.1, 0.15) is 35.2 Å². The molecule has 36 heavy (non-hydrogen) atoms. The summed E-state index contributed by atoms with van der Waals surface area (Å²) in [6.07, 6.45) is 2.29. The van der Waals surface area contributed by atoms with Gasteiger partial charge < -0.3 is 10.6 Å². The molecule has 0 saturated carbocycles. The first kappa shape index (κ1) is 24.6. The van der Waals surface area contributed by atoms with E-state index in [2.05, 4.69) is 10.6 Å². The van der Waals surface area contributed by atoms with Gasteiger partial charge in [-0.1, -0.05) is 78.9 Å². The van der Waals surface area contributed by atoms with Crippen LogP contribution < -0.4 is 10.6 Å². The molecule has 0 unspecified atom stereocenters. The van der Waals surface area contributed by atoms with Crippen molar-refractivity contribution >= 4 is 17.6 Å². The predicted molar refractivity (Wildman–Crippen MR) is 138 cm³/mol. The van der Waals surface area contributed by atoms with Crippen LogP contribution in [0.4, 0.5) is 0 Å². The van der Waals surface area contributed by atoms with Crippen molar-refractivity contribution in [3.05, 3.63) is 108 Å². The van der Waals surface area contributed by atoms with Crippen molar-refractivity contribution in [1.29, 1.82) is 0 Å². The Bertz CT molecular complexity index is 1300. The van der Waals surface area contributed by atoms with Gasteiger partial charge in [-0.15, -0.1) is 0 Å². The molecule has 7 heteroatoms. The minimum Gasteiger partial charge on any atom is -0.356 e. The molecule has 0 spiro atoms. The Balaban J connectivity index is 1.27. The van der Waals surface area contributed by atoms with Gasteiger partial charge >= 0.3 is 0 Å². The van der Waals surface area contributed by atoms with Crippen LogP contribution in [0.2, 0.25) is 0 Å². The number of aromatic nitrogens is 2. The van der Waals surface area contributed by atoms with Gasteiger partial charge in [0.1, 0.15) is 0 Å². The van der Waals surface area contributed by atoms with E-state index in [1.165, 1.54) is 0 Å². The lowest BCUT2D eigenvalue weighted by molar-refractivity contribution is -0.122. The average Bonchev–Trinajstić information content (AvgIpc) is 3.36. The largest absolute Gasteiger partial charge is 0.356 e. The molecule has 0 aliphatic carbocycles. The minimum absolute atomic E-state index is 0.0752. The molecule has 7 nitrogen and oxygen atoms in total. The Morgan fingerprint density at radius 2 is 1.31 bits per heavy atom. The Labute approximate surface area is 210 Å². The van der Waals surface area contributed by atoms with E-state index in [1.54, 1.807) is 28.9 Å². The van der Waals surface area contributed by atoms with E-state index >= 15 is 0 Å². The van der Waals surface area contributed by atoms with Gasteiger partial charge in [0.25, 0.3) is 0 Å². The fourth-order valence-electron chi connectivity index (χ4n) is 3.77. The Morgan fingerprint density at radius 1 is 0.694 bits per heavy atom. The summed E-state index contributed by atoms with van der Waals surface area (Å²) in [6, 6.07) is 28.5. The van der Waals surface area contributed by atoms with Crippen LogP contribution in [0.25, 0.3) is 16.9 Å². The lowest BCUT2D eigenvalue weighted by Crippen LogP contribution is -2.30. The molecule has 182 valence electrons. The molecular formula is C29H28N4O3. The number of para-hydroxylation sites is 1. The number of carbonyl (C=O) groups excluding carboxylic acids is 3. The molecule has 0 fully saturated rings. The number of amides is 2. The van der Waals surface area contributed by atoms with Crippen molar-refractivity contribution in [1.82, 2.24) is 20.4 Å². The third-order valence-electron chi connectivity index (χ3n) is 5.68. The molecule has 4 rings (SSSR count). The first-order valence-corrected chi connectivity index (χ1v) is 11.9. The van der Waals surface area contributed by atoms with Gasteiger partial charge in [0.2, 0.25) is 11.8 Å². The average molecular weight is 481 g/mol. The van der Waals surface area contributed by atoms with Crippen molar-refractivity contribution < 1.29 is 14.4 Å². The van der Waals surface area contributed by atoms with Gasteiger partial charge in [-0.05, 0) is 12.1 Å². The summed E-state index contributed by atoms with van der Waals surface area (Å²) in [6.45, 7) is 0.522. The highest BCUT2D eigenvalue weighted by molar-refractivity contribution is 5.97. The number of nitrogens with one attached hydrogen (secondary N) is 2. The monoisotopic (exact) mass is 480 g/mol. The number of benzene rings is 3. The van der Waals surface area contributed by atoms with E-state index in [1.807, 2.05) is 72.9 Å². The smallest absolute Gasteiger partial charge is 0.222 e. The zero-order chi connectivity index (χ0) is 25.2. The molecule has 1 aromatic heterocycles. The number of ketones is 1. The summed E-state index contributed by atoms with van der Waals surface area (Å²) in [4.78, 5) is 36.6. The topological polar surface area (TPSA) is 93.1 Å². The normalized spacial score (nSPS) is 10.6. The number of hydrogen-bond donors (Lipinski definition) is 2. The molecule has 4 aromatic rings. The molecule has 2 N–H and O–H groups in total. The number of nitrogens with zero attached hydrogens (tertiary/aromatic N) is 2. The molecule has 2 amide bonds. The highest BCUT2D eigenvalue weighted by Crippen LogP contribution is 2.23. The Kier molecular flexibility index (Phi) is 8.38. The van der Waals surface area contributed by atoms with Gasteiger partial charge in [0, 0.05) is 55.2 Å². The number of carbonyl (C=O) groups is 3. The summed E-state index contributed by atoms with van der Waals surface area (Å²) in [5.41, 5.74) is 4.18. The van der Waals surface area contributed by atoms with Crippen LogP contribution in [-0.4, -0.2) is 33.9 Å². The van der Waals surface area contributed by atoms with Crippen LogP contribution in [0, 0.1) is 0 Å². The highest BCUT2D eigenvalue weighted by Gasteiger charge is 2.14. The van der Waals surface area contributed by atoms with E-state index in [-0.39, 0.29) is 43.4 Å². The van der Waals surface area contributed by atoms with Gasteiger partial charge in [0.05, 0.1) is 11.4 Å². The first-order chi connectivity index (χ1) is 17.6. The van der Waals surface area contributed by atoms with Crippen LogP contribution in [0.5, 0.6) is 0 Å². The van der Waals surface area contributed by atoms with Crippen molar-refractivity contribution in [2.24, 2.45) is 0 Å². The van der Waals surface area contributed by atoms with Gasteiger partial charge in [-0.2, -0.15) is 5.10 Å². The lowest BCUT2D eigenvalue weighted by atomic mass is 10.1. The van der Waals surface area contributed by atoms with Crippen LogP contribution in [-0.2, 0) is 16.1 Å². The van der Waals surface area contributed by atoms with E-state index < -0.39 is 0 Å². The summed E-state index contributed by atoms with van der Waals surface area (Å²) >= 11 is 0. The predicted octanol–water partition coefficient (Wildman–Crippen LogP) is 4.32. The van der Waals surface area contributed by atoms with Crippen molar-refractivity contribution in [2.45, 2.75) is 25.8 Å². The van der Waals surface area contributed by atoms with E-state index in [4.69, 9.17) is 5.10 Å². The maximum absolute atomic E-state index is 12.4. The quantitative estimate of drug-likeness (QED) is 0.313. The van der Waals surface area contributed by atoms with Crippen LogP contribution in [0.3, 0.4) is 0 Å². The highest BCUT2D eigenvalue weighted by atomic mass is 16.2. The van der Waals surface area contributed by atoms with Crippen LogP contribution >= 0.6 is 0 Å². The molecule has 3 aromatic carbocycles. The Hall–Kier alpha value is -4.52. The summed E-state index contributed by atoms with van der Waals surface area (Å²) in [7, 11) is 0. The molecule has 0 saturated heterocycles. The van der Waals surface area contributed by atoms with Gasteiger partial charge in [0.15, 0.2) is 5.78 Å². The second-order valence-electron chi connectivity index (χ2n) is 8.31. The molecule has 0 atom stereocenters. The zero-order valence-electron chi connectivity index (χ0n) is 19.9. The molecule has 1 heterocycles. The van der Waals surface area contributed by atoms with E-state index in [0.717, 1.165) is 22.5 Å². The first-order valence-electron chi connectivity index (χ1n) is 11.9. The minimum atomic E-state index is -0.248. The fraction of sp³-hybridized carbons (Fsp3) is 0.172. The van der Waals surface area contributed by atoms with Crippen molar-refractivity contribution in [2.75, 3.05) is 6.54 Å². The molecular weight excluding hydrogens is 452 g/mol. The number of hydrogen-bond acceptors (Lipinski definition) is 4. The van der Waals surface area contributed by atoms with Gasteiger partial charge in [-0.3, -0.25) is 14.4 Å². The standard InChI is InChI=1S/C29H28N4O3/c34-26(22-10-4-1-5-11-22)16-17-27(35)30-19-18-28(36)31-20-24-21-33(25-14-8-3-9-15-25)32-29(24)23-12-6-2-7-13-23/h1-15,21H,16-20H2,(H,30,35)(H,31,36). The third kappa shape index (κ3) is 6.76. The Morgan fingerprint density at radius 3 is 2.00 bits per heavy atom. The SMILES string of the molecule is O=C(CCC(=O)c1ccccc1)NCCC(=O)NCc1cn(-c2ccccc2)nc1-c1ccccc1. The summed E-state index contributed by atoms with van der Waals surface area (Å²) in [5.74, 6) is -0.501. The summed E-state index contributed by atoms with van der Waals surface area (Å²) in [5, 5.41) is 10.4. The molecule has 0 radical (unpaired) electrons. The van der Waals surface area contributed by atoms with Crippen molar-refractivity contribution in [3.8, 4) is 16.9 Å². The second-order valence-corrected chi connectivity index (χ2v) is 8.31. The van der Waals surface area contributed by atoms with Gasteiger partial charge in [-0.25, -0.2) is 4.68 Å². The lowest BCUT2D eigenvalue weighted by Gasteiger charge is -2.07. The number of Topliss-reactive ketones (excluding diaryl/α,β-unsaturated/α-hetero) is 1. The molecule has 0 aliphatic rings. The summed E-state index contributed by atoms with van der Waals surface area (Å²) < 4.78 is 1.81. The van der Waals surface area contributed by atoms with Crippen LogP contribution in [0.15, 0.2) is 97.2 Å². The van der Waals surface area contributed by atoms with E-state index in [9.17, 15) is 14.4 Å².